The first kappa shape index (κ1) is 20.2. The van der Waals surface area contributed by atoms with Gasteiger partial charge in [0.1, 0.15) is 16.5 Å². The zero-order valence-electron chi connectivity index (χ0n) is 15.0. The van der Waals surface area contributed by atoms with Crippen LogP contribution >= 0.6 is 34.8 Å². The van der Waals surface area contributed by atoms with E-state index < -0.39 is 6.09 Å². The summed E-state index contributed by atoms with van der Waals surface area (Å²) in [5.41, 5.74) is 2.16. The van der Waals surface area contributed by atoms with E-state index in [1.165, 1.54) is 10.9 Å². The first-order valence-electron chi connectivity index (χ1n) is 7.90. The molecule has 3 aromatic rings. The lowest BCUT2D eigenvalue weighted by Gasteiger charge is -2.07. The molecular formula is C17H14Cl3N5O3. The van der Waals surface area contributed by atoms with Crippen LogP contribution < -0.4 is 5.32 Å². The number of carbonyl (C=O) groups is 1. The Labute approximate surface area is 175 Å². The van der Waals surface area contributed by atoms with Crippen LogP contribution in [0.3, 0.4) is 0 Å². The quantitative estimate of drug-likeness (QED) is 0.339. The highest BCUT2D eigenvalue weighted by Gasteiger charge is 2.22. The van der Waals surface area contributed by atoms with Crippen LogP contribution in [0.1, 0.15) is 17.0 Å². The fraction of sp³-hybridized carbons (Fsp3) is 0.176. The Morgan fingerprint density at radius 3 is 2.57 bits per heavy atom. The lowest BCUT2D eigenvalue weighted by molar-refractivity contribution is 0.167. The molecule has 0 fully saturated rings. The van der Waals surface area contributed by atoms with Gasteiger partial charge in [0.25, 0.3) is 0 Å². The zero-order chi connectivity index (χ0) is 20.4. The van der Waals surface area contributed by atoms with Crippen molar-refractivity contribution < 1.29 is 14.2 Å². The van der Waals surface area contributed by atoms with E-state index in [1.807, 2.05) is 0 Å². The van der Waals surface area contributed by atoms with Gasteiger partial charge in [0.15, 0.2) is 5.76 Å². The summed E-state index contributed by atoms with van der Waals surface area (Å²) in [6.07, 6.45) is 0.445. The number of rotatable bonds is 4. The normalized spacial score (nSPS) is 11.2. The third-order valence-electron chi connectivity index (χ3n) is 3.80. The van der Waals surface area contributed by atoms with Crippen molar-refractivity contribution in [3.63, 3.8) is 0 Å². The number of hydrogen-bond donors (Lipinski definition) is 1. The van der Waals surface area contributed by atoms with E-state index in [9.17, 15) is 4.79 Å². The van der Waals surface area contributed by atoms with Gasteiger partial charge in [0.05, 0.1) is 27.5 Å². The molecule has 146 valence electrons. The number of nitrogens with one attached hydrogen (secondary N) is 1. The lowest BCUT2D eigenvalue weighted by atomic mass is 10.1. The third-order valence-corrected chi connectivity index (χ3v) is 4.88. The SMILES string of the molecule is Cc1nn(C)c(Cl)c1C=NOC(=O)Nc1c(-c2c(Cl)cccc2Cl)noc1C. The fourth-order valence-electron chi connectivity index (χ4n) is 2.46. The van der Waals surface area contributed by atoms with Crippen molar-refractivity contribution in [2.45, 2.75) is 13.8 Å². The number of anilines is 1. The Bertz CT molecular complexity index is 1050. The van der Waals surface area contributed by atoms with Crippen molar-refractivity contribution in [3.05, 3.63) is 50.4 Å². The van der Waals surface area contributed by atoms with Gasteiger partial charge in [0.2, 0.25) is 0 Å². The molecule has 0 spiro atoms. The number of nitrogens with zero attached hydrogens (tertiary/aromatic N) is 4. The van der Waals surface area contributed by atoms with E-state index in [2.05, 4.69) is 20.7 Å². The highest BCUT2D eigenvalue weighted by atomic mass is 35.5. The molecule has 0 atom stereocenters. The van der Waals surface area contributed by atoms with Crippen LogP contribution in [0.5, 0.6) is 0 Å². The van der Waals surface area contributed by atoms with Crippen LogP contribution in [0, 0.1) is 13.8 Å². The minimum absolute atomic E-state index is 0.269. The first-order chi connectivity index (χ1) is 13.3. The molecule has 2 aromatic heterocycles. The second kappa shape index (κ2) is 8.22. The minimum Gasteiger partial charge on any atom is -0.359 e. The average Bonchev–Trinajstić information content (AvgIpc) is 3.09. The van der Waals surface area contributed by atoms with Crippen LogP contribution in [0.4, 0.5) is 10.5 Å². The van der Waals surface area contributed by atoms with Crippen molar-refractivity contribution in [3.8, 4) is 11.3 Å². The van der Waals surface area contributed by atoms with Gasteiger partial charge in [-0.1, -0.05) is 51.2 Å². The summed E-state index contributed by atoms with van der Waals surface area (Å²) >= 11 is 18.5. The van der Waals surface area contributed by atoms with E-state index in [0.29, 0.717) is 37.8 Å². The predicted octanol–water partition coefficient (Wildman–Crippen LogP) is 5.23. The Morgan fingerprint density at radius 2 is 1.96 bits per heavy atom. The molecule has 0 aliphatic carbocycles. The van der Waals surface area contributed by atoms with E-state index in [0.717, 1.165) is 0 Å². The van der Waals surface area contributed by atoms with Gasteiger partial charge in [-0.25, -0.2) is 4.79 Å². The van der Waals surface area contributed by atoms with E-state index in [1.54, 1.807) is 39.1 Å². The van der Waals surface area contributed by atoms with Gasteiger partial charge in [-0.15, -0.1) is 0 Å². The van der Waals surface area contributed by atoms with Gasteiger partial charge in [-0.05, 0) is 26.0 Å². The van der Waals surface area contributed by atoms with Crippen molar-refractivity contribution in [2.75, 3.05) is 5.32 Å². The van der Waals surface area contributed by atoms with Crippen LogP contribution in [0.15, 0.2) is 27.9 Å². The number of amides is 1. The van der Waals surface area contributed by atoms with Crippen molar-refractivity contribution in [2.24, 2.45) is 12.2 Å². The largest absolute Gasteiger partial charge is 0.438 e. The summed E-state index contributed by atoms with van der Waals surface area (Å²) in [5, 5.41) is 15.3. The number of halogens is 3. The molecule has 1 aromatic carbocycles. The van der Waals surface area contributed by atoms with Crippen molar-refractivity contribution >= 4 is 52.8 Å². The monoisotopic (exact) mass is 441 g/mol. The van der Waals surface area contributed by atoms with Crippen LogP contribution in [0.2, 0.25) is 15.2 Å². The maximum Gasteiger partial charge on any atom is 0.438 e. The molecule has 0 radical (unpaired) electrons. The third kappa shape index (κ3) is 3.99. The molecule has 0 saturated heterocycles. The minimum atomic E-state index is -0.857. The molecule has 28 heavy (non-hydrogen) atoms. The molecule has 0 bridgehead atoms. The summed E-state index contributed by atoms with van der Waals surface area (Å²) in [6, 6.07) is 5.00. The van der Waals surface area contributed by atoms with Gasteiger partial charge in [0, 0.05) is 12.6 Å². The Kier molecular flexibility index (Phi) is 5.93. The lowest BCUT2D eigenvalue weighted by Crippen LogP contribution is -2.12. The highest BCUT2D eigenvalue weighted by Crippen LogP contribution is 2.39. The molecule has 0 aliphatic heterocycles. The number of aromatic nitrogens is 3. The summed E-state index contributed by atoms with van der Waals surface area (Å²) in [5.74, 6) is 0.345. The number of aryl methyl sites for hydroxylation is 3. The predicted molar refractivity (Wildman–Crippen MR) is 107 cm³/mol. The first-order valence-corrected chi connectivity index (χ1v) is 9.04. The second-order valence-electron chi connectivity index (χ2n) is 5.71. The van der Waals surface area contributed by atoms with Crippen LogP contribution in [-0.2, 0) is 11.9 Å². The molecule has 1 N–H and O–H groups in total. The van der Waals surface area contributed by atoms with Gasteiger partial charge < -0.3 is 4.52 Å². The Hall–Kier alpha value is -2.55. The zero-order valence-corrected chi connectivity index (χ0v) is 17.2. The summed E-state index contributed by atoms with van der Waals surface area (Å²) in [7, 11) is 1.69. The van der Waals surface area contributed by atoms with E-state index in [4.69, 9.17) is 44.2 Å². The Morgan fingerprint density at radius 1 is 1.29 bits per heavy atom. The molecule has 11 heteroatoms. The van der Waals surface area contributed by atoms with Crippen molar-refractivity contribution in [1.82, 2.24) is 14.9 Å². The summed E-state index contributed by atoms with van der Waals surface area (Å²) in [6.45, 7) is 3.38. The van der Waals surface area contributed by atoms with Crippen LogP contribution in [-0.4, -0.2) is 27.2 Å². The van der Waals surface area contributed by atoms with Gasteiger partial charge in [-0.2, -0.15) is 5.10 Å². The van der Waals surface area contributed by atoms with Gasteiger partial charge >= 0.3 is 6.09 Å². The molecular weight excluding hydrogens is 429 g/mol. The highest BCUT2D eigenvalue weighted by molar-refractivity contribution is 6.39. The molecule has 0 aliphatic rings. The second-order valence-corrected chi connectivity index (χ2v) is 6.88. The number of benzene rings is 1. The number of carbonyl (C=O) groups excluding carboxylic acids is 1. The summed E-state index contributed by atoms with van der Waals surface area (Å²) < 4.78 is 6.65. The molecule has 0 unspecified atom stereocenters. The average molecular weight is 443 g/mol. The molecule has 8 nitrogen and oxygen atoms in total. The topological polar surface area (TPSA) is 94.5 Å². The summed E-state index contributed by atoms with van der Waals surface area (Å²) in [4.78, 5) is 17.0. The maximum atomic E-state index is 12.1. The van der Waals surface area contributed by atoms with Crippen molar-refractivity contribution in [1.29, 1.82) is 0 Å². The number of hydrogen-bond acceptors (Lipinski definition) is 6. The van der Waals surface area contributed by atoms with E-state index >= 15 is 0 Å². The Balaban J connectivity index is 1.78. The molecule has 0 saturated carbocycles. The number of oxime groups is 1. The van der Waals surface area contributed by atoms with Crippen LogP contribution in [0.25, 0.3) is 11.3 Å². The molecule has 1 amide bonds. The molecule has 2 heterocycles. The molecule has 3 rings (SSSR count). The standard InChI is InChI=1S/C17H14Cl3N5O3/c1-8-10(16(20)25(3)23-8)7-21-28-17(26)22-14-9(2)27-24-15(14)13-11(18)5-4-6-12(13)19/h4-7H,1-3H3,(H,22,26). The smallest absolute Gasteiger partial charge is 0.359 e. The maximum absolute atomic E-state index is 12.1. The fourth-order valence-corrected chi connectivity index (χ4v) is 3.26. The van der Waals surface area contributed by atoms with Gasteiger partial charge in [-0.3, -0.25) is 14.8 Å². The van der Waals surface area contributed by atoms with E-state index in [-0.39, 0.29) is 11.4 Å².